The van der Waals surface area contributed by atoms with Crippen molar-refractivity contribution in [3.05, 3.63) is 35.6 Å². The first-order valence-corrected chi connectivity index (χ1v) is 8.02. The SMILES string of the molecule is O=C(O)C1CCN(C(=O)NCC2(c3ccc(F)cc3)CCC2)C1. The summed E-state index contributed by atoms with van der Waals surface area (Å²) >= 11 is 0. The van der Waals surface area contributed by atoms with Gasteiger partial charge in [0.05, 0.1) is 5.92 Å². The molecular weight excluding hydrogens is 299 g/mol. The summed E-state index contributed by atoms with van der Waals surface area (Å²) in [4.78, 5) is 24.8. The molecule has 1 atom stereocenters. The second kappa shape index (κ2) is 6.18. The molecule has 5 nitrogen and oxygen atoms in total. The smallest absolute Gasteiger partial charge is 0.317 e. The minimum Gasteiger partial charge on any atom is -0.481 e. The Morgan fingerprint density at radius 1 is 1.30 bits per heavy atom. The molecule has 1 saturated heterocycles. The van der Waals surface area contributed by atoms with Gasteiger partial charge in [0, 0.05) is 25.0 Å². The Kier molecular flexibility index (Phi) is 4.24. The highest BCUT2D eigenvalue weighted by molar-refractivity contribution is 5.77. The third kappa shape index (κ3) is 3.16. The Morgan fingerprint density at radius 3 is 2.52 bits per heavy atom. The number of nitrogens with zero attached hydrogens (tertiary/aromatic N) is 1. The van der Waals surface area contributed by atoms with Crippen LogP contribution >= 0.6 is 0 Å². The van der Waals surface area contributed by atoms with Gasteiger partial charge in [0.1, 0.15) is 5.82 Å². The molecule has 2 N–H and O–H groups in total. The number of carbonyl (C=O) groups excluding carboxylic acids is 1. The first-order chi connectivity index (χ1) is 11.0. The van der Waals surface area contributed by atoms with Crippen LogP contribution in [0.1, 0.15) is 31.2 Å². The first-order valence-electron chi connectivity index (χ1n) is 8.02. The van der Waals surface area contributed by atoms with Gasteiger partial charge in [-0.1, -0.05) is 18.6 Å². The molecule has 2 fully saturated rings. The van der Waals surface area contributed by atoms with E-state index in [-0.39, 0.29) is 23.8 Å². The third-order valence-electron chi connectivity index (χ3n) is 5.17. The molecule has 1 aromatic rings. The Hall–Kier alpha value is -2.11. The predicted octanol–water partition coefficient (Wildman–Crippen LogP) is 2.36. The topological polar surface area (TPSA) is 69.6 Å². The molecular formula is C17H21FN2O3. The van der Waals surface area contributed by atoms with Crippen molar-refractivity contribution in [2.75, 3.05) is 19.6 Å². The molecule has 6 heteroatoms. The maximum Gasteiger partial charge on any atom is 0.317 e. The summed E-state index contributed by atoms with van der Waals surface area (Å²) in [5, 5.41) is 11.9. The van der Waals surface area contributed by atoms with E-state index in [0.717, 1.165) is 24.8 Å². The van der Waals surface area contributed by atoms with Gasteiger partial charge >= 0.3 is 12.0 Å². The van der Waals surface area contributed by atoms with E-state index in [0.29, 0.717) is 19.5 Å². The molecule has 0 bridgehead atoms. The molecule has 0 aromatic heterocycles. The Morgan fingerprint density at radius 2 is 2.00 bits per heavy atom. The molecule has 0 radical (unpaired) electrons. The minimum atomic E-state index is -0.845. The van der Waals surface area contributed by atoms with Crippen LogP contribution < -0.4 is 5.32 Å². The third-order valence-corrected chi connectivity index (χ3v) is 5.17. The summed E-state index contributed by atoms with van der Waals surface area (Å²) in [7, 11) is 0. The van der Waals surface area contributed by atoms with Crippen molar-refractivity contribution in [2.45, 2.75) is 31.1 Å². The quantitative estimate of drug-likeness (QED) is 0.895. The van der Waals surface area contributed by atoms with Crippen molar-refractivity contribution in [3.8, 4) is 0 Å². The fourth-order valence-electron chi connectivity index (χ4n) is 3.48. The minimum absolute atomic E-state index is 0.116. The second-order valence-electron chi connectivity index (χ2n) is 6.57. The van der Waals surface area contributed by atoms with E-state index >= 15 is 0 Å². The van der Waals surface area contributed by atoms with Crippen molar-refractivity contribution in [1.82, 2.24) is 10.2 Å². The van der Waals surface area contributed by atoms with Crippen LogP contribution in [0.4, 0.5) is 9.18 Å². The van der Waals surface area contributed by atoms with Gasteiger partial charge in [-0.3, -0.25) is 4.79 Å². The molecule has 1 aliphatic heterocycles. The van der Waals surface area contributed by atoms with Crippen molar-refractivity contribution in [1.29, 1.82) is 0 Å². The summed E-state index contributed by atoms with van der Waals surface area (Å²) in [6.45, 7) is 1.25. The number of rotatable bonds is 4. The van der Waals surface area contributed by atoms with Crippen molar-refractivity contribution < 1.29 is 19.1 Å². The normalized spacial score (nSPS) is 22.5. The fraction of sp³-hybridized carbons (Fsp3) is 0.529. The number of hydrogen-bond acceptors (Lipinski definition) is 2. The van der Waals surface area contributed by atoms with Gasteiger partial charge in [0.15, 0.2) is 0 Å². The summed E-state index contributed by atoms with van der Waals surface area (Å²) in [6.07, 6.45) is 3.54. The second-order valence-corrected chi connectivity index (χ2v) is 6.57. The number of carbonyl (C=O) groups is 2. The highest BCUT2D eigenvalue weighted by Crippen LogP contribution is 2.43. The van der Waals surface area contributed by atoms with Crippen LogP contribution in [0.15, 0.2) is 24.3 Å². The molecule has 1 saturated carbocycles. The molecule has 2 aliphatic rings. The standard InChI is InChI=1S/C17H21FN2O3/c18-14-4-2-13(3-5-14)17(7-1-8-17)11-19-16(23)20-9-6-12(10-20)15(21)22/h2-5,12H,1,6-11H2,(H,19,23)(H,21,22). The van der Waals surface area contributed by atoms with E-state index < -0.39 is 11.9 Å². The van der Waals surface area contributed by atoms with E-state index in [2.05, 4.69) is 5.32 Å². The van der Waals surface area contributed by atoms with E-state index in [1.165, 1.54) is 12.1 Å². The lowest BCUT2D eigenvalue weighted by atomic mass is 9.64. The van der Waals surface area contributed by atoms with Gasteiger partial charge in [-0.2, -0.15) is 0 Å². The largest absolute Gasteiger partial charge is 0.481 e. The van der Waals surface area contributed by atoms with Crippen LogP contribution in [0.2, 0.25) is 0 Å². The van der Waals surface area contributed by atoms with Crippen LogP contribution in [0.5, 0.6) is 0 Å². The maximum absolute atomic E-state index is 13.1. The van der Waals surface area contributed by atoms with Gasteiger partial charge in [0.25, 0.3) is 0 Å². The van der Waals surface area contributed by atoms with Gasteiger partial charge in [-0.15, -0.1) is 0 Å². The number of carboxylic acid groups (broad SMARTS) is 1. The highest BCUT2D eigenvalue weighted by atomic mass is 19.1. The molecule has 1 aromatic carbocycles. The zero-order chi connectivity index (χ0) is 16.4. The van der Waals surface area contributed by atoms with Crippen LogP contribution in [-0.2, 0) is 10.2 Å². The van der Waals surface area contributed by atoms with Gasteiger partial charge in [-0.05, 0) is 37.0 Å². The van der Waals surface area contributed by atoms with E-state index in [1.807, 2.05) is 0 Å². The van der Waals surface area contributed by atoms with Crippen LogP contribution in [0, 0.1) is 11.7 Å². The Balaban J connectivity index is 1.59. The van der Waals surface area contributed by atoms with Gasteiger partial charge in [-0.25, -0.2) is 9.18 Å². The zero-order valence-corrected chi connectivity index (χ0v) is 12.9. The van der Waals surface area contributed by atoms with Crippen LogP contribution in [-0.4, -0.2) is 41.6 Å². The van der Waals surface area contributed by atoms with Crippen molar-refractivity contribution in [3.63, 3.8) is 0 Å². The number of likely N-dealkylation sites (tertiary alicyclic amines) is 1. The van der Waals surface area contributed by atoms with E-state index in [4.69, 9.17) is 5.11 Å². The molecule has 1 heterocycles. The average molecular weight is 320 g/mol. The molecule has 3 rings (SSSR count). The Bertz CT molecular complexity index is 598. The number of aliphatic carboxylic acids is 1. The van der Waals surface area contributed by atoms with E-state index in [1.54, 1.807) is 17.0 Å². The predicted molar refractivity (Wildman–Crippen MR) is 82.6 cm³/mol. The van der Waals surface area contributed by atoms with Gasteiger partial charge < -0.3 is 15.3 Å². The number of benzene rings is 1. The van der Waals surface area contributed by atoms with Crippen molar-refractivity contribution >= 4 is 12.0 Å². The zero-order valence-electron chi connectivity index (χ0n) is 12.9. The first kappa shape index (κ1) is 15.8. The lowest BCUT2D eigenvalue weighted by Crippen LogP contribution is -2.49. The molecule has 1 aliphatic carbocycles. The lowest BCUT2D eigenvalue weighted by Gasteiger charge is -2.43. The summed E-state index contributed by atoms with van der Waals surface area (Å²) in [6, 6.07) is 6.28. The fourth-order valence-corrected chi connectivity index (χ4v) is 3.48. The molecule has 23 heavy (non-hydrogen) atoms. The Labute approximate surface area is 134 Å². The van der Waals surface area contributed by atoms with E-state index in [9.17, 15) is 14.0 Å². The van der Waals surface area contributed by atoms with Crippen LogP contribution in [0.3, 0.4) is 0 Å². The number of amides is 2. The van der Waals surface area contributed by atoms with Crippen molar-refractivity contribution in [2.24, 2.45) is 5.92 Å². The monoisotopic (exact) mass is 320 g/mol. The summed E-state index contributed by atoms with van der Waals surface area (Å²) in [5.41, 5.74) is 0.935. The van der Waals surface area contributed by atoms with Crippen LogP contribution in [0.25, 0.3) is 0 Å². The molecule has 124 valence electrons. The average Bonchev–Trinajstić information content (AvgIpc) is 2.98. The molecule has 1 unspecified atom stereocenters. The van der Waals surface area contributed by atoms with Gasteiger partial charge in [0.2, 0.25) is 0 Å². The lowest BCUT2D eigenvalue weighted by molar-refractivity contribution is -0.141. The molecule has 0 spiro atoms. The number of nitrogens with one attached hydrogen (secondary N) is 1. The summed E-state index contributed by atoms with van der Waals surface area (Å²) < 4.78 is 13.1. The summed E-state index contributed by atoms with van der Waals surface area (Å²) in [5.74, 6) is -1.57. The number of halogens is 1. The maximum atomic E-state index is 13.1. The number of carboxylic acids is 1. The number of urea groups is 1. The highest BCUT2D eigenvalue weighted by Gasteiger charge is 2.39. The number of hydrogen-bond donors (Lipinski definition) is 2. The molecule has 2 amide bonds.